The molecule has 2 aliphatic rings. The molecule has 26 heavy (non-hydrogen) atoms. The first-order valence-corrected chi connectivity index (χ1v) is 8.62. The van der Waals surface area contributed by atoms with E-state index in [1.54, 1.807) is 0 Å². The van der Waals surface area contributed by atoms with Crippen molar-refractivity contribution in [3.63, 3.8) is 0 Å². The molecule has 0 N–H and O–H groups in total. The number of ether oxygens (including phenoxy) is 1. The van der Waals surface area contributed by atoms with Gasteiger partial charge in [-0.25, -0.2) is 0 Å². The maximum absolute atomic E-state index is 13.1. The van der Waals surface area contributed by atoms with Crippen LogP contribution in [0.25, 0.3) is 6.08 Å². The molecular formula is C18H17ClF3NaO3. The maximum atomic E-state index is 13.1. The van der Waals surface area contributed by atoms with Crippen LogP contribution in [0.4, 0.5) is 13.2 Å². The summed E-state index contributed by atoms with van der Waals surface area (Å²) >= 11 is 6.26. The van der Waals surface area contributed by atoms with Crippen molar-refractivity contribution in [3.05, 3.63) is 33.9 Å². The zero-order valence-corrected chi connectivity index (χ0v) is 17.1. The maximum Gasteiger partial charge on any atom is 1.00 e. The molecule has 1 aromatic carbocycles. The molecule has 3 nitrogen and oxygen atoms in total. The fraction of sp³-hybridized carbons (Fsp3) is 0.500. The van der Waals surface area contributed by atoms with Gasteiger partial charge < -0.3 is 14.6 Å². The first-order valence-electron chi connectivity index (χ1n) is 8.24. The molecule has 3 rings (SSSR count). The number of alkyl halides is 3. The van der Waals surface area contributed by atoms with Crippen molar-refractivity contribution < 1.29 is 57.4 Å². The second-order valence-corrected chi connectivity index (χ2v) is 7.02. The van der Waals surface area contributed by atoms with E-state index in [4.69, 9.17) is 16.3 Å². The van der Waals surface area contributed by atoms with E-state index in [-0.39, 0.29) is 40.9 Å². The van der Waals surface area contributed by atoms with E-state index in [2.05, 4.69) is 0 Å². The molecule has 1 unspecified atom stereocenters. The van der Waals surface area contributed by atoms with Crippen LogP contribution in [0.2, 0.25) is 5.02 Å². The summed E-state index contributed by atoms with van der Waals surface area (Å²) in [6.45, 7) is 0. The molecule has 0 spiro atoms. The molecule has 136 valence electrons. The summed E-state index contributed by atoms with van der Waals surface area (Å²) in [6, 6.07) is 2.97. The Hall–Kier alpha value is -0.690. The molecular weight excluding hydrogens is 380 g/mol. The van der Waals surface area contributed by atoms with Crippen molar-refractivity contribution in [3.8, 4) is 5.75 Å². The minimum Gasteiger partial charge on any atom is -0.545 e. The monoisotopic (exact) mass is 396 g/mol. The molecule has 1 atom stereocenters. The molecule has 1 fully saturated rings. The summed E-state index contributed by atoms with van der Waals surface area (Å²) < 4.78 is 44.3. The summed E-state index contributed by atoms with van der Waals surface area (Å²) in [6.07, 6.45) is -0.0915. The predicted molar refractivity (Wildman–Crippen MR) is 85.2 cm³/mol. The van der Waals surface area contributed by atoms with Crippen molar-refractivity contribution in [1.82, 2.24) is 0 Å². The number of carboxylic acid groups (broad SMARTS) is 1. The third-order valence-corrected chi connectivity index (χ3v) is 5.14. The van der Waals surface area contributed by atoms with Crippen molar-refractivity contribution in [1.29, 1.82) is 0 Å². The van der Waals surface area contributed by atoms with Crippen LogP contribution in [-0.4, -0.2) is 18.2 Å². The Morgan fingerprint density at radius 1 is 1.23 bits per heavy atom. The third kappa shape index (κ3) is 4.77. The van der Waals surface area contributed by atoms with Crippen molar-refractivity contribution >= 4 is 23.6 Å². The Bertz CT molecular complexity index is 712. The summed E-state index contributed by atoms with van der Waals surface area (Å²) in [4.78, 5) is 11.0. The summed E-state index contributed by atoms with van der Waals surface area (Å²) in [5.74, 6) is -1.45. The number of hydrogen-bond donors (Lipinski definition) is 0. The van der Waals surface area contributed by atoms with Crippen LogP contribution in [0, 0.1) is 5.92 Å². The van der Waals surface area contributed by atoms with E-state index in [1.165, 1.54) is 18.6 Å². The molecule has 1 aliphatic carbocycles. The van der Waals surface area contributed by atoms with Gasteiger partial charge in [-0.3, -0.25) is 0 Å². The molecule has 1 saturated carbocycles. The summed E-state index contributed by atoms with van der Waals surface area (Å²) in [5.41, 5.74) is 0.00623. The molecule has 0 aromatic heterocycles. The quantitative estimate of drug-likeness (QED) is 0.714. The molecule has 1 aliphatic heterocycles. The standard InChI is InChI=1S/C18H18ClF3O3.Na/c19-14-8-12-7-13(17(23)24)16(18(20,21)22)25-15(12)9-11(14)6-10-4-2-1-3-5-10;/h7-10,16H,1-6H2,(H,23,24);/q;+1/p-1. The van der Waals surface area contributed by atoms with Crippen LogP contribution in [0.5, 0.6) is 5.75 Å². The number of carbonyl (C=O) groups excluding carboxylic acids is 1. The number of rotatable bonds is 3. The van der Waals surface area contributed by atoms with Crippen molar-refractivity contribution in [2.45, 2.75) is 50.8 Å². The minimum atomic E-state index is -4.84. The van der Waals surface area contributed by atoms with E-state index in [1.807, 2.05) is 0 Å². The van der Waals surface area contributed by atoms with E-state index in [9.17, 15) is 23.1 Å². The number of aliphatic carboxylic acids is 1. The second-order valence-electron chi connectivity index (χ2n) is 6.62. The van der Waals surface area contributed by atoms with Crippen LogP contribution >= 0.6 is 11.6 Å². The molecule has 0 amide bonds. The first kappa shape index (κ1) is 21.6. The summed E-state index contributed by atoms with van der Waals surface area (Å²) in [5, 5.41) is 11.5. The van der Waals surface area contributed by atoms with Gasteiger partial charge in [-0.2, -0.15) is 13.2 Å². The van der Waals surface area contributed by atoms with Crippen molar-refractivity contribution in [2.24, 2.45) is 5.92 Å². The van der Waals surface area contributed by atoms with Crippen molar-refractivity contribution in [2.75, 3.05) is 0 Å². The zero-order valence-electron chi connectivity index (χ0n) is 14.4. The molecule has 0 saturated heterocycles. The van der Waals surface area contributed by atoms with Gasteiger partial charge in [0.15, 0.2) is 0 Å². The zero-order chi connectivity index (χ0) is 18.2. The van der Waals surface area contributed by atoms with Gasteiger partial charge in [0, 0.05) is 16.2 Å². The van der Waals surface area contributed by atoms with Crippen LogP contribution < -0.4 is 39.4 Å². The smallest absolute Gasteiger partial charge is 0.545 e. The van der Waals surface area contributed by atoms with Gasteiger partial charge in [-0.15, -0.1) is 0 Å². The van der Waals surface area contributed by atoms with Gasteiger partial charge in [0.25, 0.3) is 0 Å². The van der Waals surface area contributed by atoms with Gasteiger partial charge in [-0.1, -0.05) is 43.7 Å². The average Bonchev–Trinajstić information content (AvgIpc) is 2.54. The third-order valence-electron chi connectivity index (χ3n) is 4.78. The van der Waals surface area contributed by atoms with Crippen LogP contribution in [0.1, 0.15) is 43.2 Å². The second kappa shape index (κ2) is 8.55. The largest absolute Gasteiger partial charge is 1.00 e. The molecule has 1 heterocycles. The Balaban J connectivity index is 0.00000243. The Labute approximate surface area is 176 Å². The van der Waals surface area contributed by atoms with Crippen LogP contribution in [-0.2, 0) is 11.2 Å². The van der Waals surface area contributed by atoms with Gasteiger partial charge in [-0.05, 0) is 36.1 Å². The fourth-order valence-electron chi connectivity index (χ4n) is 3.53. The molecule has 0 bridgehead atoms. The van der Waals surface area contributed by atoms with Gasteiger partial charge in [0.2, 0.25) is 6.10 Å². The number of halogens is 4. The van der Waals surface area contributed by atoms with E-state index >= 15 is 0 Å². The van der Waals surface area contributed by atoms with E-state index < -0.39 is 23.8 Å². The Morgan fingerprint density at radius 3 is 2.46 bits per heavy atom. The van der Waals surface area contributed by atoms with Gasteiger partial charge >= 0.3 is 35.7 Å². The first-order chi connectivity index (χ1) is 11.8. The normalized spacial score (nSPS) is 20.5. The molecule has 1 aromatic rings. The number of fused-ring (bicyclic) bond motifs is 1. The number of carboxylic acids is 1. The molecule has 8 heteroatoms. The topological polar surface area (TPSA) is 49.4 Å². The van der Waals surface area contributed by atoms with Crippen LogP contribution in [0.3, 0.4) is 0 Å². The average molecular weight is 397 g/mol. The number of hydrogen-bond acceptors (Lipinski definition) is 3. The molecule has 0 radical (unpaired) electrons. The number of carbonyl (C=O) groups is 1. The minimum absolute atomic E-state index is 0. The van der Waals surface area contributed by atoms with Crippen LogP contribution in [0.15, 0.2) is 17.7 Å². The van der Waals surface area contributed by atoms with E-state index in [0.29, 0.717) is 17.4 Å². The van der Waals surface area contributed by atoms with Gasteiger partial charge in [0.05, 0.1) is 5.97 Å². The Kier molecular flexibility index (Phi) is 7.10. The number of benzene rings is 1. The van der Waals surface area contributed by atoms with Gasteiger partial charge in [0.1, 0.15) is 5.75 Å². The predicted octanol–water partition coefficient (Wildman–Crippen LogP) is 0.923. The Morgan fingerprint density at radius 2 is 1.88 bits per heavy atom. The van der Waals surface area contributed by atoms with E-state index in [0.717, 1.165) is 37.3 Å². The SMILES string of the molecule is O=C([O-])C1=Cc2cc(Cl)c(CC3CCCCC3)cc2OC1C(F)(F)F.[Na+]. The fourth-order valence-corrected chi connectivity index (χ4v) is 3.78. The summed E-state index contributed by atoms with van der Waals surface area (Å²) in [7, 11) is 0.